The largest absolute Gasteiger partial charge is 0.355 e. The summed E-state index contributed by atoms with van der Waals surface area (Å²) in [4.78, 5) is 28.0. The highest BCUT2D eigenvalue weighted by Gasteiger charge is 2.10. The molecule has 0 atom stereocenters. The van der Waals surface area contributed by atoms with Gasteiger partial charge in [0.2, 0.25) is 5.91 Å². The molecule has 6 heteroatoms. The second kappa shape index (κ2) is 6.76. The summed E-state index contributed by atoms with van der Waals surface area (Å²) in [5.41, 5.74) is 7.31. The summed E-state index contributed by atoms with van der Waals surface area (Å²) < 4.78 is 0. The molecule has 3 N–H and O–H groups in total. The molecule has 3 aromatic heterocycles. The predicted octanol–water partition coefficient (Wildman–Crippen LogP) is 4.78. The van der Waals surface area contributed by atoms with Gasteiger partial charge in [-0.15, -0.1) is 0 Å². The van der Waals surface area contributed by atoms with Crippen LogP contribution in [0.5, 0.6) is 0 Å². The first kappa shape index (κ1) is 16.9. The molecule has 0 radical (unpaired) electrons. The zero-order valence-electron chi connectivity index (χ0n) is 15.4. The lowest BCUT2D eigenvalue weighted by Crippen LogP contribution is -2.08. The molecule has 29 heavy (non-hydrogen) atoms. The van der Waals surface area contributed by atoms with E-state index in [4.69, 9.17) is 0 Å². The van der Waals surface area contributed by atoms with E-state index in [1.165, 1.54) is 6.08 Å². The Morgan fingerprint density at radius 2 is 1.41 bits per heavy atom. The second-order valence-corrected chi connectivity index (χ2v) is 6.75. The van der Waals surface area contributed by atoms with Gasteiger partial charge in [0.25, 0.3) is 0 Å². The Hall–Kier alpha value is -4.19. The van der Waals surface area contributed by atoms with E-state index in [-0.39, 0.29) is 5.91 Å². The zero-order valence-corrected chi connectivity index (χ0v) is 15.4. The third kappa shape index (κ3) is 3.39. The van der Waals surface area contributed by atoms with Gasteiger partial charge in [-0.25, -0.2) is 9.97 Å². The first-order chi connectivity index (χ1) is 14.2. The molecular formula is C23H17N5O. The van der Waals surface area contributed by atoms with Crippen molar-refractivity contribution < 1.29 is 4.79 Å². The number of H-pyrrole nitrogens is 2. The predicted molar refractivity (Wildman–Crippen MR) is 118 cm³/mol. The highest BCUT2D eigenvalue weighted by atomic mass is 16.1. The molecular weight excluding hydrogens is 362 g/mol. The maximum Gasteiger partial charge on any atom is 0.247 e. The van der Waals surface area contributed by atoms with Crippen molar-refractivity contribution in [2.24, 2.45) is 0 Å². The number of nitrogens with one attached hydrogen (secondary N) is 3. The van der Waals surface area contributed by atoms with Crippen molar-refractivity contribution in [3.05, 3.63) is 77.9 Å². The Morgan fingerprint density at radius 3 is 2.10 bits per heavy atom. The Labute approximate surface area is 166 Å². The molecule has 0 aliphatic carbocycles. The number of anilines is 1. The van der Waals surface area contributed by atoms with Gasteiger partial charge in [0.05, 0.1) is 34.0 Å². The van der Waals surface area contributed by atoms with E-state index in [0.717, 1.165) is 39.1 Å². The minimum Gasteiger partial charge on any atom is -0.355 e. The van der Waals surface area contributed by atoms with E-state index < -0.39 is 0 Å². The van der Waals surface area contributed by atoms with Gasteiger partial charge in [0.1, 0.15) is 0 Å². The van der Waals surface area contributed by atoms with Crippen LogP contribution in [0.25, 0.3) is 46.4 Å². The van der Waals surface area contributed by atoms with Crippen LogP contribution in [-0.4, -0.2) is 25.8 Å². The van der Waals surface area contributed by atoms with Crippen LogP contribution in [0.15, 0.2) is 55.1 Å². The van der Waals surface area contributed by atoms with Gasteiger partial charge in [-0.3, -0.25) is 4.79 Å². The fraction of sp³-hybridized carbons (Fsp3) is 0. The van der Waals surface area contributed by atoms with Crippen LogP contribution in [0, 0.1) is 0 Å². The molecule has 0 saturated heterocycles. The van der Waals surface area contributed by atoms with E-state index in [2.05, 4.69) is 31.8 Å². The number of carbonyl (C=O) groups is 1. The average molecular weight is 379 g/mol. The lowest BCUT2D eigenvalue weighted by Gasteiger charge is -2.03. The highest BCUT2D eigenvalue weighted by molar-refractivity contribution is 6.04. The molecule has 0 aromatic carbocycles. The smallest absolute Gasteiger partial charge is 0.247 e. The molecule has 140 valence electrons. The van der Waals surface area contributed by atoms with Crippen molar-refractivity contribution in [3.8, 4) is 0 Å². The van der Waals surface area contributed by atoms with Gasteiger partial charge in [-0.2, -0.15) is 0 Å². The monoisotopic (exact) mass is 379 g/mol. The summed E-state index contributed by atoms with van der Waals surface area (Å²) >= 11 is 0. The number of aromatic nitrogens is 4. The fourth-order valence-corrected chi connectivity index (χ4v) is 3.31. The highest BCUT2D eigenvalue weighted by Crippen LogP contribution is 2.25. The first-order valence-electron chi connectivity index (χ1n) is 9.17. The average Bonchev–Trinajstić information content (AvgIpc) is 3.49. The van der Waals surface area contributed by atoms with Gasteiger partial charge in [0.15, 0.2) is 0 Å². The molecule has 1 amide bonds. The van der Waals surface area contributed by atoms with E-state index in [1.807, 2.05) is 66.8 Å². The van der Waals surface area contributed by atoms with Crippen molar-refractivity contribution in [2.45, 2.75) is 0 Å². The third-order valence-electron chi connectivity index (χ3n) is 4.65. The molecule has 3 aromatic rings. The maximum absolute atomic E-state index is 12.0. The SMILES string of the molecule is C=CC(=O)Nc1c2nc(cc3ccc(cc4nc(cc5ccc1[nH]5)C=C4)[nH]3)C=C2. The van der Waals surface area contributed by atoms with Crippen LogP contribution in [0.3, 0.4) is 0 Å². The summed E-state index contributed by atoms with van der Waals surface area (Å²) in [6.45, 7) is 3.54. The third-order valence-corrected chi connectivity index (χ3v) is 4.65. The molecule has 2 aliphatic heterocycles. The van der Waals surface area contributed by atoms with Crippen LogP contribution in [0.1, 0.15) is 22.8 Å². The summed E-state index contributed by atoms with van der Waals surface area (Å²) in [5, 5.41) is 2.87. The molecule has 6 nitrogen and oxygen atoms in total. The number of rotatable bonds is 2. The number of aromatic amines is 2. The van der Waals surface area contributed by atoms with Crippen molar-refractivity contribution in [2.75, 3.05) is 5.32 Å². The van der Waals surface area contributed by atoms with Crippen molar-refractivity contribution in [1.29, 1.82) is 0 Å². The van der Waals surface area contributed by atoms with E-state index in [9.17, 15) is 4.79 Å². The lowest BCUT2D eigenvalue weighted by atomic mass is 10.3. The van der Waals surface area contributed by atoms with Gasteiger partial charge in [-0.1, -0.05) is 6.58 Å². The van der Waals surface area contributed by atoms with E-state index in [0.29, 0.717) is 11.4 Å². The molecule has 0 fully saturated rings. The zero-order chi connectivity index (χ0) is 19.8. The Balaban J connectivity index is 1.84. The fourth-order valence-electron chi connectivity index (χ4n) is 3.31. The normalized spacial score (nSPS) is 12.1. The quantitative estimate of drug-likeness (QED) is 0.386. The van der Waals surface area contributed by atoms with Gasteiger partial charge < -0.3 is 15.3 Å². The van der Waals surface area contributed by atoms with Crippen molar-refractivity contribution in [1.82, 2.24) is 19.9 Å². The Morgan fingerprint density at radius 1 is 0.828 bits per heavy atom. The minimum absolute atomic E-state index is 0.296. The Bertz CT molecular complexity index is 1370. The standard InChI is InChI=1S/C23H17N5O/c1-2-22(29)28-23-20-9-7-18(26-20)12-16-5-3-14(24-16)11-15-4-6-17(25-15)13-19-8-10-21(23)27-19/h2-13,24,27H,1H2,(H,28,29). The van der Waals surface area contributed by atoms with E-state index >= 15 is 0 Å². The van der Waals surface area contributed by atoms with Crippen LogP contribution in [0.2, 0.25) is 0 Å². The van der Waals surface area contributed by atoms with E-state index in [1.54, 1.807) is 0 Å². The molecule has 0 unspecified atom stereocenters. The van der Waals surface area contributed by atoms with Gasteiger partial charge >= 0.3 is 0 Å². The summed E-state index contributed by atoms with van der Waals surface area (Å²) in [5.74, 6) is -0.296. The molecule has 5 heterocycles. The maximum atomic E-state index is 12.0. The summed E-state index contributed by atoms with van der Waals surface area (Å²) in [6.07, 6.45) is 8.98. The molecule has 5 rings (SSSR count). The van der Waals surface area contributed by atoms with Crippen LogP contribution in [0.4, 0.5) is 5.69 Å². The lowest BCUT2D eigenvalue weighted by molar-refractivity contribution is -0.111. The van der Waals surface area contributed by atoms with Gasteiger partial charge in [0, 0.05) is 16.6 Å². The molecule has 0 saturated carbocycles. The number of fused-ring (bicyclic) bond motifs is 8. The number of hydrogen-bond acceptors (Lipinski definition) is 3. The van der Waals surface area contributed by atoms with Crippen molar-refractivity contribution in [3.63, 3.8) is 0 Å². The van der Waals surface area contributed by atoms with Crippen LogP contribution < -0.4 is 5.32 Å². The molecule has 2 aliphatic rings. The topological polar surface area (TPSA) is 86.5 Å². The number of amides is 1. The van der Waals surface area contributed by atoms with Crippen LogP contribution >= 0.6 is 0 Å². The summed E-state index contributed by atoms with van der Waals surface area (Å²) in [7, 11) is 0. The first-order valence-corrected chi connectivity index (χ1v) is 9.17. The number of hydrogen-bond donors (Lipinski definition) is 3. The molecule has 0 spiro atoms. The number of nitrogens with zero attached hydrogens (tertiary/aromatic N) is 2. The van der Waals surface area contributed by atoms with Gasteiger partial charge in [-0.05, 0) is 72.8 Å². The second-order valence-electron chi connectivity index (χ2n) is 6.75. The van der Waals surface area contributed by atoms with Crippen LogP contribution in [-0.2, 0) is 4.79 Å². The summed E-state index contributed by atoms with van der Waals surface area (Å²) in [6, 6.07) is 13.8. The minimum atomic E-state index is -0.296. The molecule has 8 bridgehead atoms. The van der Waals surface area contributed by atoms with Crippen molar-refractivity contribution >= 4 is 58.0 Å². The number of carbonyl (C=O) groups excluding carboxylic acids is 1. The Kier molecular flexibility index (Phi) is 3.95.